The minimum Gasteiger partial charge on any atom is -0.492 e. The predicted octanol–water partition coefficient (Wildman–Crippen LogP) is 3.70. The van der Waals surface area contributed by atoms with E-state index in [1.807, 2.05) is 12.1 Å². The summed E-state index contributed by atoms with van der Waals surface area (Å²) in [6.45, 7) is 2.26. The third-order valence-electron chi connectivity index (χ3n) is 3.91. The van der Waals surface area contributed by atoms with Crippen molar-refractivity contribution in [3.63, 3.8) is 0 Å². The Kier molecular flexibility index (Phi) is 5.14. The Morgan fingerprint density at radius 1 is 1.23 bits per heavy atom. The molecule has 2 aromatic carbocycles. The summed E-state index contributed by atoms with van der Waals surface area (Å²) in [7, 11) is 0. The molecule has 134 valence electrons. The van der Waals surface area contributed by atoms with Gasteiger partial charge in [0, 0.05) is 29.6 Å². The van der Waals surface area contributed by atoms with Gasteiger partial charge in [0.15, 0.2) is 0 Å². The van der Waals surface area contributed by atoms with Gasteiger partial charge >= 0.3 is 5.97 Å². The molecular weight excluding hydrogens is 356 g/mol. The van der Waals surface area contributed by atoms with Crippen LogP contribution >= 0.6 is 11.6 Å². The molecule has 0 aliphatic carbocycles. The predicted molar refractivity (Wildman–Crippen MR) is 99.9 cm³/mol. The number of H-pyrrole nitrogens is 1. The van der Waals surface area contributed by atoms with E-state index in [4.69, 9.17) is 16.3 Å². The van der Waals surface area contributed by atoms with Gasteiger partial charge in [-0.1, -0.05) is 23.7 Å². The Morgan fingerprint density at radius 3 is 2.62 bits per heavy atom. The standard InChI is InChI=1S/C19H17ClN2O4/c1-11(23)21-6-7-26-13-4-2-12(3-5-13)14-8-15-16(19(24)25)10-22-18(15)9-17(14)20/h2-5,8-10,22H,6-7H2,1H3,(H,21,23)(H,24,25). The number of halogens is 1. The third kappa shape index (κ3) is 3.81. The zero-order chi connectivity index (χ0) is 18.7. The molecule has 1 heterocycles. The van der Waals surface area contributed by atoms with Gasteiger partial charge in [0.2, 0.25) is 5.91 Å². The first kappa shape index (κ1) is 17.8. The number of carboxylic acids is 1. The molecule has 3 rings (SSSR count). The Morgan fingerprint density at radius 2 is 1.96 bits per heavy atom. The van der Waals surface area contributed by atoms with Crippen molar-refractivity contribution in [2.45, 2.75) is 6.92 Å². The van der Waals surface area contributed by atoms with E-state index in [0.29, 0.717) is 34.8 Å². The van der Waals surface area contributed by atoms with Crippen LogP contribution in [-0.4, -0.2) is 35.1 Å². The third-order valence-corrected chi connectivity index (χ3v) is 4.22. The number of benzene rings is 2. The minimum absolute atomic E-state index is 0.0977. The van der Waals surface area contributed by atoms with E-state index in [0.717, 1.165) is 11.1 Å². The second kappa shape index (κ2) is 7.49. The highest BCUT2D eigenvalue weighted by Crippen LogP contribution is 2.34. The average molecular weight is 373 g/mol. The number of carboxylic acid groups (broad SMARTS) is 1. The largest absolute Gasteiger partial charge is 0.492 e. The van der Waals surface area contributed by atoms with E-state index in [-0.39, 0.29) is 11.5 Å². The van der Waals surface area contributed by atoms with Crippen LogP contribution in [0.5, 0.6) is 5.75 Å². The number of fused-ring (bicyclic) bond motifs is 1. The van der Waals surface area contributed by atoms with E-state index in [1.165, 1.54) is 13.1 Å². The molecule has 0 aliphatic rings. The van der Waals surface area contributed by atoms with Crippen molar-refractivity contribution in [3.05, 3.63) is 53.2 Å². The van der Waals surface area contributed by atoms with Crippen LogP contribution in [0.15, 0.2) is 42.6 Å². The number of amides is 1. The molecule has 0 saturated carbocycles. The Balaban J connectivity index is 1.82. The first-order valence-electron chi connectivity index (χ1n) is 7.97. The number of hydrogen-bond donors (Lipinski definition) is 3. The lowest BCUT2D eigenvalue weighted by Gasteiger charge is -2.09. The van der Waals surface area contributed by atoms with Gasteiger partial charge in [0.1, 0.15) is 12.4 Å². The van der Waals surface area contributed by atoms with Crippen molar-refractivity contribution in [2.24, 2.45) is 0 Å². The van der Waals surface area contributed by atoms with Gasteiger partial charge in [-0.2, -0.15) is 0 Å². The van der Waals surface area contributed by atoms with E-state index in [9.17, 15) is 14.7 Å². The van der Waals surface area contributed by atoms with Crippen molar-refractivity contribution in [1.29, 1.82) is 0 Å². The van der Waals surface area contributed by atoms with E-state index in [1.54, 1.807) is 24.3 Å². The molecule has 0 atom stereocenters. The van der Waals surface area contributed by atoms with Gasteiger partial charge in [-0.05, 0) is 29.8 Å². The van der Waals surface area contributed by atoms with Crippen molar-refractivity contribution < 1.29 is 19.4 Å². The highest BCUT2D eigenvalue weighted by atomic mass is 35.5. The fourth-order valence-corrected chi connectivity index (χ4v) is 2.94. The molecule has 0 aliphatic heterocycles. The lowest BCUT2D eigenvalue weighted by Crippen LogP contribution is -2.25. The molecule has 0 radical (unpaired) electrons. The van der Waals surface area contributed by atoms with Crippen LogP contribution < -0.4 is 10.1 Å². The minimum atomic E-state index is -0.993. The maximum atomic E-state index is 11.3. The first-order chi connectivity index (χ1) is 12.5. The summed E-state index contributed by atoms with van der Waals surface area (Å²) >= 11 is 6.36. The fraction of sp³-hybridized carbons (Fsp3) is 0.158. The van der Waals surface area contributed by atoms with Crippen LogP contribution in [0.1, 0.15) is 17.3 Å². The zero-order valence-electron chi connectivity index (χ0n) is 14.0. The summed E-state index contributed by atoms with van der Waals surface area (Å²) in [5, 5.41) is 13.1. The van der Waals surface area contributed by atoms with Crippen LogP contribution in [0.4, 0.5) is 0 Å². The van der Waals surface area contributed by atoms with Crippen LogP contribution in [0, 0.1) is 0 Å². The second-order valence-corrected chi connectivity index (χ2v) is 6.15. The topological polar surface area (TPSA) is 91.4 Å². The number of carbonyl (C=O) groups is 2. The number of aromatic nitrogens is 1. The van der Waals surface area contributed by atoms with Crippen LogP contribution in [0.2, 0.25) is 5.02 Å². The molecule has 1 aromatic heterocycles. The van der Waals surface area contributed by atoms with Gasteiger partial charge in [-0.25, -0.2) is 4.79 Å². The molecule has 0 bridgehead atoms. The van der Waals surface area contributed by atoms with Crippen molar-refractivity contribution >= 4 is 34.4 Å². The maximum absolute atomic E-state index is 11.3. The lowest BCUT2D eigenvalue weighted by atomic mass is 10.0. The molecule has 0 saturated heterocycles. The van der Waals surface area contributed by atoms with E-state index in [2.05, 4.69) is 10.3 Å². The first-order valence-corrected chi connectivity index (χ1v) is 8.35. The summed E-state index contributed by atoms with van der Waals surface area (Å²) in [6.07, 6.45) is 1.46. The fourth-order valence-electron chi connectivity index (χ4n) is 2.67. The van der Waals surface area contributed by atoms with Crippen LogP contribution in [0.25, 0.3) is 22.0 Å². The summed E-state index contributed by atoms with van der Waals surface area (Å²) in [4.78, 5) is 25.1. The summed E-state index contributed by atoms with van der Waals surface area (Å²) < 4.78 is 5.56. The van der Waals surface area contributed by atoms with E-state index < -0.39 is 5.97 Å². The monoisotopic (exact) mass is 372 g/mol. The van der Waals surface area contributed by atoms with Crippen molar-refractivity contribution in [1.82, 2.24) is 10.3 Å². The van der Waals surface area contributed by atoms with Gasteiger partial charge in [0.25, 0.3) is 0 Å². The molecule has 0 unspecified atom stereocenters. The molecule has 3 aromatic rings. The van der Waals surface area contributed by atoms with Crippen LogP contribution in [-0.2, 0) is 4.79 Å². The molecule has 26 heavy (non-hydrogen) atoms. The molecule has 3 N–H and O–H groups in total. The molecule has 1 amide bonds. The molecule has 0 spiro atoms. The second-order valence-electron chi connectivity index (χ2n) is 5.74. The quantitative estimate of drug-likeness (QED) is 0.575. The average Bonchev–Trinajstić information content (AvgIpc) is 3.01. The van der Waals surface area contributed by atoms with Gasteiger partial charge in [-0.15, -0.1) is 0 Å². The SMILES string of the molecule is CC(=O)NCCOc1ccc(-c2cc3c(C(=O)O)c[nH]c3cc2Cl)cc1. The number of aromatic carboxylic acids is 1. The highest BCUT2D eigenvalue weighted by molar-refractivity contribution is 6.34. The van der Waals surface area contributed by atoms with Gasteiger partial charge < -0.3 is 20.1 Å². The smallest absolute Gasteiger partial charge is 0.337 e. The van der Waals surface area contributed by atoms with Crippen LogP contribution in [0.3, 0.4) is 0 Å². The number of ether oxygens (including phenoxy) is 1. The number of hydrogen-bond acceptors (Lipinski definition) is 3. The number of nitrogens with one attached hydrogen (secondary N) is 2. The Hall–Kier alpha value is -2.99. The molecule has 0 fully saturated rings. The van der Waals surface area contributed by atoms with Crippen molar-refractivity contribution in [2.75, 3.05) is 13.2 Å². The Labute approximate surface area is 154 Å². The zero-order valence-corrected chi connectivity index (χ0v) is 14.8. The highest BCUT2D eigenvalue weighted by Gasteiger charge is 2.14. The number of aromatic amines is 1. The maximum Gasteiger partial charge on any atom is 0.337 e. The molecular formula is C19H17ClN2O4. The normalized spacial score (nSPS) is 10.7. The van der Waals surface area contributed by atoms with E-state index >= 15 is 0 Å². The summed E-state index contributed by atoms with van der Waals surface area (Å²) in [5.74, 6) is -0.420. The molecule has 7 heteroatoms. The summed E-state index contributed by atoms with van der Waals surface area (Å²) in [6, 6.07) is 10.8. The summed E-state index contributed by atoms with van der Waals surface area (Å²) in [5.41, 5.74) is 2.47. The van der Waals surface area contributed by atoms with Crippen molar-refractivity contribution in [3.8, 4) is 16.9 Å². The lowest BCUT2D eigenvalue weighted by molar-refractivity contribution is -0.119. The number of rotatable bonds is 6. The van der Waals surface area contributed by atoms with Gasteiger partial charge in [0.05, 0.1) is 17.1 Å². The molecule has 6 nitrogen and oxygen atoms in total. The van der Waals surface area contributed by atoms with Gasteiger partial charge in [-0.3, -0.25) is 4.79 Å². The Bertz CT molecular complexity index is 964. The number of carbonyl (C=O) groups excluding carboxylic acids is 1.